The van der Waals surface area contributed by atoms with Crippen molar-refractivity contribution in [2.24, 2.45) is 0 Å². The summed E-state index contributed by atoms with van der Waals surface area (Å²) in [6, 6.07) is 11.6. The average molecular weight is 199 g/mol. The van der Waals surface area contributed by atoms with Crippen LogP contribution in [0.4, 0.5) is 0 Å². The van der Waals surface area contributed by atoms with E-state index in [2.05, 4.69) is 4.98 Å². The predicted octanol–water partition coefficient (Wildman–Crippen LogP) is 2.73. The summed E-state index contributed by atoms with van der Waals surface area (Å²) in [4.78, 5) is 2.72. The van der Waals surface area contributed by atoms with Gasteiger partial charge in [-0.3, -0.25) is 0 Å². The Morgan fingerprint density at radius 2 is 1.60 bits per heavy atom. The van der Waals surface area contributed by atoms with Gasteiger partial charge in [0.05, 0.1) is 5.52 Å². The molecular formula is C12H9NO2. The quantitative estimate of drug-likeness (QED) is 0.521. The third kappa shape index (κ3) is 1.06. The zero-order chi connectivity index (χ0) is 10.4. The summed E-state index contributed by atoms with van der Waals surface area (Å²) in [7, 11) is 0. The largest absolute Gasteiger partial charge is 0.503 e. The van der Waals surface area contributed by atoms with Crippen LogP contribution >= 0.6 is 0 Å². The Morgan fingerprint density at radius 3 is 2.33 bits per heavy atom. The van der Waals surface area contributed by atoms with Gasteiger partial charge in [-0.25, -0.2) is 0 Å². The van der Waals surface area contributed by atoms with Crippen molar-refractivity contribution in [1.29, 1.82) is 0 Å². The Bertz CT molecular complexity index is 655. The van der Waals surface area contributed by atoms with Crippen LogP contribution in [0.3, 0.4) is 0 Å². The summed E-state index contributed by atoms with van der Waals surface area (Å²) in [5.74, 6) is -0.268. The van der Waals surface area contributed by atoms with Gasteiger partial charge in [0.1, 0.15) is 0 Å². The molecule has 0 amide bonds. The molecule has 0 unspecified atom stereocenters. The lowest BCUT2D eigenvalue weighted by Crippen LogP contribution is -1.72. The monoisotopic (exact) mass is 199 g/mol. The van der Waals surface area contributed by atoms with Crippen molar-refractivity contribution in [3.8, 4) is 11.6 Å². The van der Waals surface area contributed by atoms with E-state index in [0.29, 0.717) is 5.39 Å². The molecule has 0 aliphatic heterocycles. The highest BCUT2D eigenvalue weighted by Crippen LogP contribution is 2.35. The summed E-state index contributed by atoms with van der Waals surface area (Å²) in [6.45, 7) is 0. The summed E-state index contributed by atoms with van der Waals surface area (Å²) in [5.41, 5.74) is 0.740. The molecule has 3 aromatic rings. The van der Waals surface area contributed by atoms with Crippen LogP contribution in [-0.4, -0.2) is 15.2 Å². The Balaban J connectivity index is 2.53. The van der Waals surface area contributed by atoms with Gasteiger partial charge in [0.15, 0.2) is 5.75 Å². The van der Waals surface area contributed by atoms with Crippen LogP contribution in [-0.2, 0) is 0 Å². The van der Waals surface area contributed by atoms with Gasteiger partial charge < -0.3 is 15.2 Å². The first-order chi connectivity index (χ1) is 7.25. The lowest BCUT2D eigenvalue weighted by atomic mass is 10.1. The highest BCUT2D eigenvalue weighted by Gasteiger charge is 2.09. The Kier molecular flexibility index (Phi) is 1.45. The van der Waals surface area contributed by atoms with Gasteiger partial charge in [-0.05, 0) is 22.9 Å². The van der Waals surface area contributed by atoms with Crippen molar-refractivity contribution in [1.82, 2.24) is 4.98 Å². The number of aromatic amines is 1. The molecule has 3 heteroatoms. The highest BCUT2D eigenvalue weighted by atomic mass is 16.3. The summed E-state index contributed by atoms with van der Waals surface area (Å²) in [6.07, 6.45) is 0. The minimum absolute atomic E-state index is 0.0873. The minimum Gasteiger partial charge on any atom is -0.503 e. The summed E-state index contributed by atoms with van der Waals surface area (Å²) in [5, 5.41) is 21.7. The lowest BCUT2D eigenvalue weighted by molar-refractivity contribution is 0.398. The van der Waals surface area contributed by atoms with Crippen molar-refractivity contribution < 1.29 is 10.2 Å². The molecule has 74 valence electrons. The van der Waals surface area contributed by atoms with Crippen LogP contribution in [0.2, 0.25) is 0 Å². The minimum atomic E-state index is -0.180. The molecule has 1 heterocycles. The lowest BCUT2D eigenvalue weighted by Gasteiger charge is -1.97. The maximum absolute atomic E-state index is 9.58. The van der Waals surface area contributed by atoms with Crippen molar-refractivity contribution >= 4 is 21.7 Å². The number of hydrogen-bond acceptors (Lipinski definition) is 2. The van der Waals surface area contributed by atoms with Crippen LogP contribution in [0, 0.1) is 0 Å². The Hall–Kier alpha value is -2.16. The number of fused-ring (bicyclic) bond motifs is 2. The second-order valence-corrected chi connectivity index (χ2v) is 3.57. The zero-order valence-electron chi connectivity index (χ0n) is 7.86. The second kappa shape index (κ2) is 2.67. The molecule has 0 radical (unpaired) electrons. The van der Waals surface area contributed by atoms with Gasteiger partial charge in [-0.1, -0.05) is 24.3 Å². The van der Waals surface area contributed by atoms with E-state index in [1.54, 1.807) is 0 Å². The van der Waals surface area contributed by atoms with Crippen LogP contribution < -0.4 is 0 Å². The fourth-order valence-corrected chi connectivity index (χ4v) is 1.85. The third-order valence-corrected chi connectivity index (χ3v) is 2.62. The van der Waals surface area contributed by atoms with E-state index >= 15 is 0 Å². The van der Waals surface area contributed by atoms with Gasteiger partial charge >= 0.3 is 0 Å². The van der Waals surface area contributed by atoms with Gasteiger partial charge in [0.2, 0.25) is 5.88 Å². The fraction of sp³-hybridized carbons (Fsp3) is 0. The standard InChI is InChI=1S/C12H9NO2/c14-11-9-5-7-3-1-2-4-8(7)6-10(9)13-12(11)15/h1-6,13-15H. The van der Waals surface area contributed by atoms with Crippen molar-refractivity contribution in [2.75, 3.05) is 0 Å². The van der Waals surface area contributed by atoms with Gasteiger partial charge in [-0.2, -0.15) is 0 Å². The molecule has 0 aliphatic rings. The molecule has 3 N–H and O–H groups in total. The van der Waals surface area contributed by atoms with Crippen LogP contribution in [0.15, 0.2) is 36.4 Å². The molecule has 0 fully saturated rings. The number of rotatable bonds is 0. The molecule has 2 aromatic carbocycles. The SMILES string of the molecule is Oc1[nH]c2cc3ccccc3cc2c1O. The average Bonchev–Trinajstić information content (AvgIpc) is 2.52. The molecule has 0 saturated heterocycles. The maximum atomic E-state index is 9.58. The molecule has 1 aromatic heterocycles. The number of benzene rings is 2. The predicted molar refractivity (Wildman–Crippen MR) is 59.1 cm³/mol. The van der Waals surface area contributed by atoms with E-state index < -0.39 is 0 Å². The second-order valence-electron chi connectivity index (χ2n) is 3.57. The number of H-pyrrole nitrogens is 1. The van der Waals surface area contributed by atoms with Gasteiger partial charge in [0.25, 0.3) is 0 Å². The van der Waals surface area contributed by atoms with E-state index in [1.807, 2.05) is 36.4 Å². The molecule has 0 atom stereocenters. The van der Waals surface area contributed by atoms with E-state index in [-0.39, 0.29) is 11.6 Å². The molecule has 3 rings (SSSR count). The molecular weight excluding hydrogens is 190 g/mol. The van der Waals surface area contributed by atoms with E-state index in [1.165, 1.54) is 0 Å². The summed E-state index contributed by atoms with van der Waals surface area (Å²) >= 11 is 0. The fourth-order valence-electron chi connectivity index (χ4n) is 1.85. The first kappa shape index (κ1) is 8.17. The first-order valence-corrected chi connectivity index (χ1v) is 4.68. The van der Waals surface area contributed by atoms with Crippen LogP contribution in [0.1, 0.15) is 0 Å². The number of aromatic hydroxyl groups is 2. The van der Waals surface area contributed by atoms with Crippen molar-refractivity contribution in [3.63, 3.8) is 0 Å². The number of aromatic nitrogens is 1. The molecule has 15 heavy (non-hydrogen) atoms. The molecule has 3 nitrogen and oxygen atoms in total. The van der Waals surface area contributed by atoms with E-state index in [9.17, 15) is 10.2 Å². The van der Waals surface area contributed by atoms with Crippen molar-refractivity contribution in [2.45, 2.75) is 0 Å². The molecule has 0 aliphatic carbocycles. The molecule has 0 spiro atoms. The van der Waals surface area contributed by atoms with E-state index in [0.717, 1.165) is 16.3 Å². The smallest absolute Gasteiger partial charge is 0.233 e. The maximum Gasteiger partial charge on any atom is 0.233 e. The first-order valence-electron chi connectivity index (χ1n) is 4.68. The van der Waals surface area contributed by atoms with Crippen LogP contribution in [0.25, 0.3) is 21.7 Å². The molecule has 0 saturated carbocycles. The zero-order valence-corrected chi connectivity index (χ0v) is 7.86. The highest BCUT2D eigenvalue weighted by molar-refractivity contribution is 6.00. The third-order valence-electron chi connectivity index (χ3n) is 2.62. The Morgan fingerprint density at radius 1 is 0.933 bits per heavy atom. The Labute approximate surface area is 85.6 Å². The van der Waals surface area contributed by atoms with Gasteiger partial charge in [0, 0.05) is 5.39 Å². The van der Waals surface area contributed by atoms with Gasteiger partial charge in [-0.15, -0.1) is 0 Å². The number of hydrogen-bond donors (Lipinski definition) is 3. The van der Waals surface area contributed by atoms with E-state index in [4.69, 9.17) is 0 Å². The summed E-state index contributed by atoms with van der Waals surface area (Å²) < 4.78 is 0. The number of nitrogens with one attached hydrogen (secondary N) is 1. The molecule has 0 bridgehead atoms. The topological polar surface area (TPSA) is 56.2 Å². The van der Waals surface area contributed by atoms with Crippen molar-refractivity contribution in [3.05, 3.63) is 36.4 Å². The van der Waals surface area contributed by atoms with Crippen LogP contribution in [0.5, 0.6) is 11.6 Å². The normalized spacial score (nSPS) is 11.2.